The van der Waals surface area contributed by atoms with Crippen molar-refractivity contribution in [2.24, 2.45) is 0 Å². The average molecular weight is 392 g/mol. The predicted octanol–water partition coefficient (Wildman–Crippen LogP) is 3.69. The lowest BCUT2D eigenvalue weighted by Crippen LogP contribution is -2.44. The van der Waals surface area contributed by atoms with Gasteiger partial charge in [0.2, 0.25) is 6.79 Å². The summed E-state index contributed by atoms with van der Waals surface area (Å²) >= 11 is 6.01. The van der Waals surface area contributed by atoms with E-state index in [1.54, 1.807) is 0 Å². The highest BCUT2D eigenvalue weighted by molar-refractivity contribution is 6.33. The molecule has 5 nitrogen and oxygen atoms in total. The zero-order valence-electron chi connectivity index (χ0n) is 14.6. The van der Waals surface area contributed by atoms with Crippen LogP contribution in [-0.4, -0.2) is 32.5 Å². The first kappa shape index (κ1) is 18.1. The quantitative estimate of drug-likeness (QED) is 0.863. The topological polar surface area (TPSA) is 56.8 Å². The Morgan fingerprint density at radius 2 is 1.89 bits per heavy atom. The van der Waals surface area contributed by atoms with Gasteiger partial charge in [-0.3, -0.25) is 4.79 Å². The molecule has 7 heteroatoms. The molecule has 0 spiro atoms. The summed E-state index contributed by atoms with van der Waals surface area (Å²) in [5.41, 5.74) is 1.05. The Kier molecular flexibility index (Phi) is 4.93. The molecule has 0 saturated carbocycles. The van der Waals surface area contributed by atoms with Crippen molar-refractivity contribution in [3.63, 3.8) is 0 Å². The van der Waals surface area contributed by atoms with Gasteiger partial charge in [-0.25, -0.2) is 4.39 Å². The van der Waals surface area contributed by atoms with Gasteiger partial charge in [-0.2, -0.15) is 0 Å². The van der Waals surface area contributed by atoms with Crippen LogP contribution in [0.3, 0.4) is 0 Å². The molecule has 0 radical (unpaired) electrons. The number of hydrogen-bond acceptors (Lipinski definition) is 4. The Morgan fingerprint density at radius 1 is 1.11 bits per heavy atom. The third-order valence-electron chi connectivity index (χ3n) is 5.20. The lowest BCUT2D eigenvalue weighted by atomic mass is 9.74. The number of nitrogens with one attached hydrogen (secondary N) is 1. The lowest BCUT2D eigenvalue weighted by molar-refractivity contribution is 0.0486. The van der Waals surface area contributed by atoms with Gasteiger partial charge in [-0.05, 0) is 48.7 Å². The summed E-state index contributed by atoms with van der Waals surface area (Å²) in [6.45, 7) is 1.86. The van der Waals surface area contributed by atoms with Crippen LogP contribution in [0.5, 0.6) is 11.5 Å². The van der Waals surface area contributed by atoms with Gasteiger partial charge >= 0.3 is 0 Å². The number of ether oxygens (including phenoxy) is 3. The Hall–Kier alpha value is -2.31. The highest BCUT2D eigenvalue weighted by Crippen LogP contribution is 2.40. The summed E-state index contributed by atoms with van der Waals surface area (Å²) in [5.74, 6) is 0.638. The van der Waals surface area contributed by atoms with E-state index in [4.69, 9.17) is 25.8 Å². The lowest BCUT2D eigenvalue weighted by Gasteiger charge is -2.38. The number of amides is 1. The Bertz CT molecular complexity index is 867. The number of benzene rings is 2. The summed E-state index contributed by atoms with van der Waals surface area (Å²) in [7, 11) is 0. The fourth-order valence-electron chi connectivity index (χ4n) is 3.57. The van der Waals surface area contributed by atoms with Crippen LogP contribution < -0.4 is 14.8 Å². The van der Waals surface area contributed by atoms with Crippen LogP contribution in [0.1, 0.15) is 28.8 Å². The number of halogens is 2. The minimum Gasteiger partial charge on any atom is -0.454 e. The van der Waals surface area contributed by atoms with E-state index in [1.165, 1.54) is 12.1 Å². The monoisotopic (exact) mass is 391 g/mol. The molecule has 0 aliphatic carbocycles. The fourth-order valence-corrected chi connectivity index (χ4v) is 3.83. The van der Waals surface area contributed by atoms with Gasteiger partial charge in [-0.1, -0.05) is 17.7 Å². The van der Waals surface area contributed by atoms with Gasteiger partial charge in [0.25, 0.3) is 5.91 Å². The van der Waals surface area contributed by atoms with Crippen molar-refractivity contribution < 1.29 is 23.4 Å². The van der Waals surface area contributed by atoms with E-state index in [-0.39, 0.29) is 28.7 Å². The summed E-state index contributed by atoms with van der Waals surface area (Å²) in [6.07, 6.45) is 1.54. The van der Waals surface area contributed by atoms with E-state index >= 15 is 0 Å². The van der Waals surface area contributed by atoms with E-state index in [0.717, 1.165) is 30.2 Å². The maximum absolute atomic E-state index is 13.2. The number of fused-ring (bicyclic) bond motifs is 1. The zero-order valence-corrected chi connectivity index (χ0v) is 15.4. The Labute approximate surface area is 161 Å². The SMILES string of the molecule is O=C(NCC1(c2ccc3c(c2)OCO3)CCOCC1)c1ccc(F)cc1Cl. The normalized spacial score (nSPS) is 17.6. The molecular formula is C20H19ClFNO4. The summed E-state index contributed by atoms with van der Waals surface area (Å²) < 4.78 is 29.7. The average Bonchev–Trinajstić information content (AvgIpc) is 3.15. The standard InChI is InChI=1S/C20H19ClFNO4/c21-16-10-14(22)2-3-15(16)19(24)23-11-20(5-7-25-8-6-20)13-1-4-17-18(9-13)27-12-26-17/h1-4,9-10H,5-8,11-12H2,(H,23,24). The van der Waals surface area contributed by atoms with Crippen molar-refractivity contribution >= 4 is 17.5 Å². The second-order valence-corrected chi connectivity index (χ2v) is 7.17. The molecule has 0 unspecified atom stereocenters. The molecule has 2 heterocycles. The molecule has 4 rings (SSSR count). The summed E-state index contributed by atoms with van der Waals surface area (Å²) in [4.78, 5) is 12.6. The van der Waals surface area contributed by atoms with Crippen LogP contribution in [0.2, 0.25) is 5.02 Å². The number of carbonyl (C=O) groups is 1. The number of hydrogen-bond donors (Lipinski definition) is 1. The second kappa shape index (κ2) is 7.37. The molecular weight excluding hydrogens is 373 g/mol. The van der Waals surface area contributed by atoms with Crippen LogP contribution in [0.4, 0.5) is 4.39 Å². The summed E-state index contributed by atoms with van der Waals surface area (Å²) in [5, 5.41) is 3.06. The van der Waals surface area contributed by atoms with E-state index in [1.807, 2.05) is 18.2 Å². The first-order valence-electron chi connectivity index (χ1n) is 8.79. The van der Waals surface area contributed by atoms with Gasteiger partial charge < -0.3 is 19.5 Å². The summed E-state index contributed by atoms with van der Waals surface area (Å²) in [6, 6.07) is 9.64. The number of carbonyl (C=O) groups excluding carboxylic acids is 1. The van der Waals surface area contributed by atoms with Gasteiger partial charge in [0.05, 0.1) is 10.6 Å². The molecule has 142 valence electrons. The van der Waals surface area contributed by atoms with Gasteiger partial charge in [0.1, 0.15) is 5.82 Å². The van der Waals surface area contributed by atoms with Crippen LogP contribution in [-0.2, 0) is 10.2 Å². The molecule has 0 atom stereocenters. The molecule has 0 bridgehead atoms. The first-order valence-corrected chi connectivity index (χ1v) is 9.16. The third-order valence-corrected chi connectivity index (χ3v) is 5.51. The molecule has 2 aliphatic heterocycles. The maximum Gasteiger partial charge on any atom is 0.252 e. The smallest absolute Gasteiger partial charge is 0.252 e. The zero-order chi connectivity index (χ0) is 18.9. The second-order valence-electron chi connectivity index (χ2n) is 6.77. The van der Waals surface area contributed by atoms with E-state index in [9.17, 15) is 9.18 Å². The van der Waals surface area contributed by atoms with Gasteiger partial charge in [0, 0.05) is 25.2 Å². The van der Waals surface area contributed by atoms with Crippen LogP contribution in [0, 0.1) is 5.82 Å². The van der Waals surface area contributed by atoms with E-state index in [2.05, 4.69) is 5.32 Å². The Morgan fingerprint density at radius 3 is 2.67 bits per heavy atom. The highest BCUT2D eigenvalue weighted by atomic mass is 35.5. The molecule has 1 saturated heterocycles. The molecule has 1 fully saturated rings. The molecule has 27 heavy (non-hydrogen) atoms. The van der Waals surface area contributed by atoms with Crippen LogP contribution in [0.25, 0.3) is 0 Å². The first-order chi connectivity index (χ1) is 13.1. The minimum absolute atomic E-state index is 0.0941. The molecule has 2 aromatic rings. The van der Waals surface area contributed by atoms with Gasteiger partial charge in [-0.15, -0.1) is 0 Å². The van der Waals surface area contributed by atoms with Crippen molar-refractivity contribution in [1.82, 2.24) is 5.32 Å². The minimum atomic E-state index is -0.474. The molecule has 0 aromatic heterocycles. The van der Waals surface area contributed by atoms with E-state index < -0.39 is 5.82 Å². The van der Waals surface area contributed by atoms with Crippen molar-refractivity contribution in [2.45, 2.75) is 18.3 Å². The van der Waals surface area contributed by atoms with Crippen molar-refractivity contribution in [1.29, 1.82) is 0 Å². The van der Waals surface area contributed by atoms with Crippen molar-refractivity contribution in [3.05, 3.63) is 58.4 Å². The largest absolute Gasteiger partial charge is 0.454 e. The highest BCUT2D eigenvalue weighted by Gasteiger charge is 2.36. The van der Waals surface area contributed by atoms with Crippen LogP contribution >= 0.6 is 11.6 Å². The van der Waals surface area contributed by atoms with E-state index in [0.29, 0.717) is 25.5 Å². The Balaban J connectivity index is 1.56. The molecule has 1 N–H and O–H groups in total. The third kappa shape index (κ3) is 3.59. The molecule has 1 amide bonds. The molecule has 2 aliphatic rings. The molecule has 2 aromatic carbocycles. The van der Waals surface area contributed by atoms with Crippen molar-refractivity contribution in [3.8, 4) is 11.5 Å². The van der Waals surface area contributed by atoms with Crippen LogP contribution in [0.15, 0.2) is 36.4 Å². The van der Waals surface area contributed by atoms with Crippen molar-refractivity contribution in [2.75, 3.05) is 26.6 Å². The number of rotatable bonds is 4. The maximum atomic E-state index is 13.2. The predicted molar refractivity (Wildman–Crippen MR) is 98.0 cm³/mol. The van der Waals surface area contributed by atoms with Gasteiger partial charge in [0.15, 0.2) is 11.5 Å². The fraction of sp³-hybridized carbons (Fsp3) is 0.350.